The summed E-state index contributed by atoms with van der Waals surface area (Å²) in [6, 6.07) is 10.2. The van der Waals surface area contributed by atoms with E-state index in [0.29, 0.717) is 16.5 Å². The Morgan fingerprint density at radius 2 is 1.82 bits per heavy atom. The fourth-order valence-electron chi connectivity index (χ4n) is 4.55. The zero-order chi connectivity index (χ0) is 23.4. The van der Waals surface area contributed by atoms with Crippen molar-refractivity contribution in [3.8, 4) is 5.75 Å². The van der Waals surface area contributed by atoms with Crippen LogP contribution in [0.15, 0.2) is 46.6 Å². The molecule has 3 aliphatic rings. The van der Waals surface area contributed by atoms with Gasteiger partial charge in [0, 0.05) is 32.2 Å². The summed E-state index contributed by atoms with van der Waals surface area (Å²) >= 11 is 6.45. The van der Waals surface area contributed by atoms with E-state index in [4.69, 9.17) is 16.3 Å². The van der Waals surface area contributed by atoms with E-state index in [1.54, 1.807) is 12.1 Å². The highest BCUT2D eigenvalue weighted by molar-refractivity contribution is 6.33. The average Bonchev–Trinajstić information content (AvgIpc) is 2.84. The van der Waals surface area contributed by atoms with Gasteiger partial charge in [0.1, 0.15) is 11.4 Å². The number of rotatable bonds is 9. The topological polar surface area (TPSA) is 92.4 Å². The van der Waals surface area contributed by atoms with Gasteiger partial charge in [-0.05, 0) is 36.8 Å². The molecule has 9 nitrogen and oxygen atoms in total. The molecule has 0 amide bonds. The fourth-order valence-corrected chi connectivity index (χ4v) is 4.77. The van der Waals surface area contributed by atoms with Crippen molar-refractivity contribution in [3.63, 3.8) is 0 Å². The SMILES string of the molecule is COc1ccc(N=Nc2ccc(C(C)NCC[N+]34CCN(CC3)CC4)cc2Cl)c([N+](=O)[O-])c1. The summed E-state index contributed by atoms with van der Waals surface area (Å²) in [5.74, 6) is 0.386. The molecule has 0 spiro atoms. The molecule has 0 aliphatic carbocycles. The van der Waals surface area contributed by atoms with Gasteiger partial charge in [0.2, 0.25) is 0 Å². The monoisotopic (exact) mass is 473 g/mol. The van der Waals surface area contributed by atoms with Gasteiger partial charge in [-0.3, -0.25) is 15.0 Å². The normalized spacial score (nSPS) is 23.1. The second-order valence-corrected chi connectivity index (χ2v) is 9.18. The van der Waals surface area contributed by atoms with E-state index >= 15 is 0 Å². The van der Waals surface area contributed by atoms with Gasteiger partial charge in [0.25, 0.3) is 5.69 Å². The van der Waals surface area contributed by atoms with Crippen molar-refractivity contribution in [3.05, 3.63) is 57.1 Å². The predicted octanol–water partition coefficient (Wildman–Crippen LogP) is 4.47. The van der Waals surface area contributed by atoms with Gasteiger partial charge in [0.15, 0.2) is 5.69 Å². The summed E-state index contributed by atoms with van der Waals surface area (Å²) in [6.07, 6.45) is 0. The number of nitrogens with zero attached hydrogens (tertiary/aromatic N) is 5. The Morgan fingerprint density at radius 3 is 2.45 bits per heavy atom. The van der Waals surface area contributed by atoms with Gasteiger partial charge < -0.3 is 14.5 Å². The highest BCUT2D eigenvalue weighted by Crippen LogP contribution is 2.34. The first-order valence-electron chi connectivity index (χ1n) is 11.2. The van der Waals surface area contributed by atoms with Crippen molar-refractivity contribution in [2.75, 3.05) is 59.5 Å². The van der Waals surface area contributed by atoms with Crippen LogP contribution in [0.4, 0.5) is 17.1 Å². The molecular formula is C23H30ClN6O3+. The lowest BCUT2D eigenvalue weighted by Crippen LogP contribution is -2.68. The quantitative estimate of drug-likeness (QED) is 0.251. The number of nitro benzene ring substituents is 1. The third-order valence-electron chi connectivity index (χ3n) is 6.82. The van der Waals surface area contributed by atoms with Crippen LogP contribution in [0.3, 0.4) is 0 Å². The molecule has 0 radical (unpaired) electrons. The minimum Gasteiger partial charge on any atom is -0.496 e. The molecular weight excluding hydrogens is 444 g/mol. The first kappa shape index (κ1) is 23.6. The van der Waals surface area contributed by atoms with Crippen LogP contribution in [-0.2, 0) is 0 Å². The van der Waals surface area contributed by atoms with Crippen molar-refractivity contribution in [1.82, 2.24) is 10.2 Å². The number of azo groups is 1. The molecule has 3 saturated heterocycles. The Morgan fingerprint density at radius 1 is 1.15 bits per heavy atom. The Labute approximate surface area is 198 Å². The molecule has 2 aromatic carbocycles. The van der Waals surface area contributed by atoms with Gasteiger partial charge in [0.05, 0.1) is 49.3 Å². The van der Waals surface area contributed by atoms with Gasteiger partial charge >= 0.3 is 0 Å². The van der Waals surface area contributed by atoms with Crippen LogP contribution in [0, 0.1) is 10.1 Å². The number of methoxy groups -OCH3 is 1. The van der Waals surface area contributed by atoms with E-state index in [-0.39, 0.29) is 17.4 Å². The number of halogens is 1. The average molecular weight is 474 g/mol. The number of quaternary nitrogens is 1. The molecule has 1 unspecified atom stereocenters. The first-order valence-corrected chi connectivity index (χ1v) is 11.6. The van der Waals surface area contributed by atoms with Crippen LogP contribution in [0.1, 0.15) is 18.5 Å². The van der Waals surface area contributed by atoms with Crippen LogP contribution >= 0.6 is 11.6 Å². The molecule has 0 saturated carbocycles. The Hall–Kier alpha value is -2.59. The fraction of sp³-hybridized carbons (Fsp3) is 0.478. The standard InChI is InChI=1S/C23H30ClN6O3/c1-17(25-7-11-30-12-8-28(9-13-30)10-14-30)18-3-5-21(20(24)15-18)26-27-22-6-4-19(33-2)16-23(22)29(31)32/h3-6,15-17,25H,7-14H2,1-2H3/q+1. The summed E-state index contributed by atoms with van der Waals surface area (Å²) in [4.78, 5) is 13.4. The number of nitrogens with one attached hydrogen (secondary N) is 1. The van der Waals surface area contributed by atoms with Crippen LogP contribution in [0.25, 0.3) is 0 Å². The van der Waals surface area contributed by atoms with Gasteiger partial charge in [-0.25, -0.2) is 0 Å². The molecule has 1 atom stereocenters. The van der Waals surface area contributed by atoms with Crippen LogP contribution in [-0.4, -0.2) is 73.8 Å². The highest BCUT2D eigenvalue weighted by atomic mass is 35.5. The van der Waals surface area contributed by atoms with E-state index in [1.807, 2.05) is 12.1 Å². The van der Waals surface area contributed by atoms with E-state index in [0.717, 1.165) is 18.7 Å². The van der Waals surface area contributed by atoms with E-state index < -0.39 is 4.92 Å². The maximum Gasteiger partial charge on any atom is 0.300 e. The molecule has 176 valence electrons. The Kier molecular flexibility index (Phi) is 7.23. The number of hydrogen-bond acceptors (Lipinski definition) is 7. The van der Waals surface area contributed by atoms with Gasteiger partial charge in [-0.2, -0.15) is 0 Å². The lowest BCUT2D eigenvalue weighted by atomic mass is 10.1. The summed E-state index contributed by atoms with van der Waals surface area (Å²) < 4.78 is 6.28. The molecule has 2 bridgehead atoms. The molecule has 3 heterocycles. The number of ether oxygens (including phenoxy) is 1. The van der Waals surface area contributed by atoms with Crippen LogP contribution in [0.5, 0.6) is 5.75 Å². The second kappa shape index (κ2) is 10.1. The number of benzene rings is 2. The zero-order valence-electron chi connectivity index (χ0n) is 19.0. The molecule has 3 aliphatic heterocycles. The molecule has 2 aromatic rings. The maximum absolute atomic E-state index is 11.3. The summed E-state index contributed by atoms with van der Waals surface area (Å²) in [7, 11) is 1.45. The van der Waals surface area contributed by atoms with E-state index in [2.05, 4.69) is 27.4 Å². The van der Waals surface area contributed by atoms with Crippen molar-refractivity contribution < 1.29 is 14.1 Å². The van der Waals surface area contributed by atoms with Crippen molar-refractivity contribution in [2.45, 2.75) is 13.0 Å². The summed E-state index contributed by atoms with van der Waals surface area (Å²) in [5, 5.41) is 23.6. The molecule has 10 heteroatoms. The minimum atomic E-state index is -0.510. The minimum absolute atomic E-state index is 0.141. The third kappa shape index (κ3) is 5.50. The van der Waals surface area contributed by atoms with Crippen molar-refractivity contribution in [1.29, 1.82) is 0 Å². The number of piperazine rings is 3. The molecule has 0 aromatic heterocycles. The Balaban J connectivity index is 1.38. The lowest BCUT2D eigenvalue weighted by molar-refractivity contribution is -0.939. The maximum atomic E-state index is 11.3. The van der Waals surface area contributed by atoms with Crippen molar-refractivity contribution in [2.24, 2.45) is 10.2 Å². The largest absolute Gasteiger partial charge is 0.496 e. The number of nitro groups is 1. The highest BCUT2D eigenvalue weighted by Gasteiger charge is 2.37. The number of hydrogen-bond donors (Lipinski definition) is 1. The molecule has 3 fully saturated rings. The Bertz CT molecular complexity index is 1030. The predicted molar refractivity (Wildman–Crippen MR) is 128 cm³/mol. The molecule has 33 heavy (non-hydrogen) atoms. The second-order valence-electron chi connectivity index (χ2n) is 8.78. The lowest BCUT2D eigenvalue weighted by Gasteiger charge is -2.50. The molecule has 1 N–H and O–H groups in total. The molecule has 5 rings (SSSR count). The summed E-state index contributed by atoms with van der Waals surface area (Å²) in [5.41, 5.74) is 1.49. The van der Waals surface area contributed by atoms with Crippen LogP contribution < -0.4 is 10.1 Å². The third-order valence-corrected chi connectivity index (χ3v) is 7.13. The van der Waals surface area contributed by atoms with Crippen molar-refractivity contribution >= 4 is 28.7 Å². The summed E-state index contributed by atoms with van der Waals surface area (Å²) in [6.45, 7) is 11.7. The van der Waals surface area contributed by atoms with Gasteiger partial charge in [-0.15, -0.1) is 10.2 Å². The number of fused-ring (bicyclic) bond motifs is 3. The first-order chi connectivity index (χ1) is 15.9. The smallest absolute Gasteiger partial charge is 0.300 e. The zero-order valence-corrected chi connectivity index (χ0v) is 19.8. The van der Waals surface area contributed by atoms with Crippen LogP contribution in [0.2, 0.25) is 5.02 Å². The van der Waals surface area contributed by atoms with Gasteiger partial charge in [-0.1, -0.05) is 17.7 Å². The van der Waals surface area contributed by atoms with E-state index in [1.165, 1.54) is 63.0 Å². The van der Waals surface area contributed by atoms with E-state index in [9.17, 15) is 10.1 Å².